The summed E-state index contributed by atoms with van der Waals surface area (Å²) in [6.07, 6.45) is 1.42. The largest absolute Gasteiger partial charge is 0.505 e. The van der Waals surface area contributed by atoms with Crippen LogP contribution in [0.15, 0.2) is 16.7 Å². The lowest BCUT2D eigenvalue weighted by molar-refractivity contribution is 0.469. The molecular formula is C6H5Br2NO. The van der Waals surface area contributed by atoms with Crippen molar-refractivity contribution in [3.05, 3.63) is 22.4 Å². The Kier molecular flexibility index (Phi) is 2.68. The second-order valence-corrected chi connectivity index (χ2v) is 3.18. The minimum Gasteiger partial charge on any atom is -0.505 e. The van der Waals surface area contributed by atoms with Gasteiger partial charge in [0, 0.05) is 5.33 Å². The molecule has 54 valence electrons. The normalized spacial score (nSPS) is 9.80. The van der Waals surface area contributed by atoms with Crippen LogP contribution < -0.4 is 0 Å². The quantitative estimate of drug-likeness (QED) is 0.792. The van der Waals surface area contributed by atoms with Crippen LogP contribution in [0.2, 0.25) is 0 Å². The molecular weight excluding hydrogens is 262 g/mol. The Balaban J connectivity index is 3.04. The van der Waals surface area contributed by atoms with Gasteiger partial charge in [0.1, 0.15) is 5.75 Å². The van der Waals surface area contributed by atoms with Gasteiger partial charge in [-0.2, -0.15) is 0 Å². The van der Waals surface area contributed by atoms with Crippen LogP contribution in [-0.2, 0) is 5.33 Å². The summed E-state index contributed by atoms with van der Waals surface area (Å²) in [6.45, 7) is 0. The zero-order valence-corrected chi connectivity index (χ0v) is 8.18. The van der Waals surface area contributed by atoms with Gasteiger partial charge in [0.15, 0.2) is 0 Å². The van der Waals surface area contributed by atoms with Gasteiger partial charge in [0.05, 0.1) is 16.4 Å². The standard InChI is InChI=1S/C6H5Br2NO/c7-2-4-1-5(8)6(10)3-9-4/h1,3,10H,2H2. The third-order valence-corrected chi connectivity index (χ3v) is 2.24. The number of pyridine rings is 1. The van der Waals surface area contributed by atoms with E-state index < -0.39 is 0 Å². The number of alkyl halides is 1. The van der Waals surface area contributed by atoms with Gasteiger partial charge in [-0.1, -0.05) is 15.9 Å². The second-order valence-electron chi connectivity index (χ2n) is 1.76. The fourth-order valence-corrected chi connectivity index (χ4v) is 1.21. The molecule has 0 saturated carbocycles. The van der Waals surface area contributed by atoms with Gasteiger partial charge in [-0.3, -0.25) is 4.98 Å². The summed E-state index contributed by atoms with van der Waals surface area (Å²) >= 11 is 6.43. The summed E-state index contributed by atoms with van der Waals surface area (Å²) in [5.74, 6) is 0.171. The van der Waals surface area contributed by atoms with E-state index in [1.54, 1.807) is 6.07 Å². The molecule has 0 aliphatic rings. The highest BCUT2D eigenvalue weighted by molar-refractivity contribution is 9.10. The van der Waals surface area contributed by atoms with E-state index in [0.29, 0.717) is 9.80 Å². The van der Waals surface area contributed by atoms with Crippen LogP contribution in [0.5, 0.6) is 5.75 Å². The third-order valence-electron chi connectivity index (χ3n) is 1.03. The summed E-state index contributed by atoms with van der Waals surface area (Å²) in [7, 11) is 0. The number of hydrogen-bond acceptors (Lipinski definition) is 2. The Morgan fingerprint density at radius 3 is 2.80 bits per heavy atom. The van der Waals surface area contributed by atoms with Crippen LogP contribution in [0.3, 0.4) is 0 Å². The average Bonchev–Trinajstić information content (AvgIpc) is 1.95. The number of halogens is 2. The summed E-state index contributed by atoms with van der Waals surface area (Å²) in [5, 5.41) is 9.71. The molecule has 0 bridgehead atoms. The SMILES string of the molecule is Oc1cnc(CBr)cc1Br. The van der Waals surface area contributed by atoms with E-state index in [1.807, 2.05) is 0 Å². The van der Waals surface area contributed by atoms with Crippen molar-refractivity contribution in [2.24, 2.45) is 0 Å². The number of aromatic hydroxyl groups is 1. The van der Waals surface area contributed by atoms with Crippen molar-refractivity contribution in [1.82, 2.24) is 4.98 Å². The van der Waals surface area contributed by atoms with Crippen LogP contribution in [0, 0.1) is 0 Å². The highest BCUT2D eigenvalue weighted by Gasteiger charge is 1.98. The van der Waals surface area contributed by atoms with Gasteiger partial charge in [0.2, 0.25) is 0 Å². The topological polar surface area (TPSA) is 33.1 Å². The zero-order chi connectivity index (χ0) is 7.56. The molecule has 1 rings (SSSR count). The van der Waals surface area contributed by atoms with Crippen molar-refractivity contribution in [2.75, 3.05) is 0 Å². The highest BCUT2D eigenvalue weighted by atomic mass is 79.9. The van der Waals surface area contributed by atoms with Gasteiger partial charge in [-0.05, 0) is 22.0 Å². The van der Waals surface area contributed by atoms with E-state index in [2.05, 4.69) is 36.8 Å². The molecule has 0 unspecified atom stereocenters. The number of hydrogen-bond donors (Lipinski definition) is 1. The van der Waals surface area contributed by atoms with Gasteiger partial charge < -0.3 is 5.11 Å². The Labute approximate surface area is 75.5 Å². The van der Waals surface area contributed by atoms with Crippen molar-refractivity contribution in [3.8, 4) is 5.75 Å². The molecule has 0 saturated heterocycles. The predicted molar refractivity (Wildman–Crippen MR) is 46.2 cm³/mol. The highest BCUT2D eigenvalue weighted by Crippen LogP contribution is 2.22. The number of nitrogens with zero attached hydrogens (tertiary/aromatic N) is 1. The summed E-state index contributed by atoms with van der Waals surface area (Å²) in [5.41, 5.74) is 0.893. The smallest absolute Gasteiger partial charge is 0.148 e. The van der Waals surface area contributed by atoms with E-state index in [9.17, 15) is 0 Å². The van der Waals surface area contributed by atoms with Crippen LogP contribution in [-0.4, -0.2) is 10.1 Å². The Morgan fingerprint density at radius 1 is 1.60 bits per heavy atom. The van der Waals surface area contributed by atoms with Crippen molar-refractivity contribution >= 4 is 31.9 Å². The first-order valence-corrected chi connectivity index (χ1v) is 4.55. The molecule has 10 heavy (non-hydrogen) atoms. The molecule has 1 aromatic heterocycles. The monoisotopic (exact) mass is 265 g/mol. The van der Waals surface area contributed by atoms with Crippen LogP contribution in [0.4, 0.5) is 0 Å². The lowest BCUT2D eigenvalue weighted by Crippen LogP contribution is -1.82. The summed E-state index contributed by atoms with van der Waals surface area (Å²) in [4.78, 5) is 3.93. The fraction of sp³-hybridized carbons (Fsp3) is 0.167. The number of rotatable bonds is 1. The molecule has 2 nitrogen and oxygen atoms in total. The molecule has 1 aromatic rings. The number of aromatic nitrogens is 1. The first-order valence-electron chi connectivity index (χ1n) is 2.63. The van der Waals surface area contributed by atoms with E-state index >= 15 is 0 Å². The molecule has 0 spiro atoms. The molecule has 0 radical (unpaired) electrons. The van der Waals surface area contributed by atoms with Crippen LogP contribution >= 0.6 is 31.9 Å². The maximum absolute atomic E-state index is 9.01. The lowest BCUT2D eigenvalue weighted by atomic mass is 10.4. The van der Waals surface area contributed by atoms with Gasteiger partial charge in [-0.15, -0.1) is 0 Å². The molecule has 4 heteroatoms. The van der Waals surface area contributed by atoms with Gasteiger partial charge in [0.25, 0.3) is 0 Å². The molecule has 1 heterocycles. The minimum atomic E-state index is 0.171. The van der Waals surface area contributed by atoms with Crippen LogP contribution in [0.1, 0.15) is 5.69 Å². The average molecular weight is 267 g/mol. The van der Waals surface area contributed by atoms with E-state index in [0.717, 1.165) is 5.69 Å². The van der Waals surface area contributed by atoms with Crippen molar-refractivity contribution in [1.29, 1.82) is 0 Å². The van der Waals surface area contributed by atoms with E-state index in [4.69, 9.17) is 5.11 Å². The van der Waals surface area contributed by atoms with E-state index in [-0.39, 0.29) is 5.75 Å². The van der Waals surface area contributed by atoms with E-state index in [1.165, 1.54) is 6.20 Å². The van der Waals surface area contributed by atoms with Crippen molar-refractivity contribution in [2.45, 2.75) is 5.33 Å². The minimum absolute atomic E-state index is 0.171. The maximum atomic E-state index is 9.01. The predicted octanol–water partition coefficient (Wildman–Crippen LogP) is 2.44. The molecule has 1 N–H and O–H groups in total. The Morgan fingerprint density at radius 2 is 2.30 bits per heavy atom. The summed E-state index contributed by atoms with van der Waals surface area (Å²) < 4.78 is 0.678. The Hall–Kier alpha value is -0.0900. The fourth-order valence-electron chi connectivity index (χ4n) is 0.536. The molecule has 0 aliphatic carbocycles. The molecule has 0 aliphatic heterocycles. The lowest BCUT2D eigenvalue weighted by Gasteiger charge is -1.96. The molecule has 0 fully saturated rings. The van der Waals surface area contributed by atoms with Crippen LogP contribution in [0.25, 0.3) is 0 Å². The third kappa shape index (κ3) is 1.70. The first kappa shape index (κ1) is 8.01. The molecule has 0 amide bonds. The van der Waals surface area contributed by atoms with Gasteiger partial charge in [-0.25, -0.2) is 0 Å². The molecule has 0 atom stereocenters. The van der Waals surface area contributed by atoms with Crippen molar-refractivity contribution in [3.63, 3.8) is 0 Å². The first-order chi connectivity index (χ1) is 4.74. The van der Waals surface area contributed by atoms with Crippen molar-refractivity contribution < 1.29 is 5.11 Å². The van der Waals surface area contributed by atoms with Gasteiger partial charge >= 0.3 is 0 Å². The molecule has 0 aromatic carbocycles. The Bertz CT molecular complexity index is 239. The summed E-state index contributed by atoms with van der Waals surface area (Å²) in [6, 6.07) is 1.77. The zero-order valence-electron chi connectivity index (χ0n) is 5.01. The second kappa shape index (κ2) is 3.34. The maximum Gasteiger partial charge on any atom is 0.148 e.